The van der Waals surface area contributed by atoms with Crippen LogP contribution in [-0.4, -0.2) is 39.9 Å². The van der Waals surface area contributed by atoms with Crippen LogP contribution < -0.4 is 0 Å². The second-order valence-electron chi connectivity index (χ2n) is 5.34. The van der Waals surface area contributed by atoms with Crippen molar-refractivity contribution in [2.45, 2.75) is 12.8 Å². The summed E-state index contributed by atoms with van der Waals surface area (Å²) in [6.07, 6.45) is 4.39. The lowest BCUT2D eigenvalue weighted by atomic mass is 10.2. The Hall–Kier alpha value is -2.21. The number of rotatable bonds is 3. The third-order valence-corrected chi connectivity index (χ3v) is 4.25. The predicted molar refractivity (Wildman–Crippen MR) is 89.4 cm³/mol. The number of hydrazine groups is 1. The molecule has 1 saturated heterocycles. The van der Waals surface area contributed by atoms with Crippen molar-refractivity contribution in [1.29, 1.82) is 0 Å². The Balaban J connectivity index is 1.73. The first-order valence-electron chi connectivity index (χ1n) is 7.42. The number of halogens is 1. The Bertz CT molecular complexity index is 704. The molecule has 3 rings (SSSR count). The maximum absolute atomic E-state index is 12.6. The van der Waals surface area contributed by atoms with E-state index < -0.39 is 0 Å². The van der Waals surface area contributed by atoms with Crippen molar-refractivity contribution in [3.8, 4) is 0 Å². The Morgan fingerprint density at radius 2 is 1.83 bits per heavy atom. The number of amides is 2. The van der Waals surface area contributed by atoms with Gasteiger partial charge in [0.05, 0.1) is 6.42 Å². The van der Waals surface area contributed by atoms with Crippen molar-refractivity contribution in [2.75, 3.05) is 13.1 Å². The zero-order valence-electron chi connectivity index (χ0n) is 12.5. The number of hydrogen-bond donors (Lipinski definition) is 0. The van der Waals surface area contributed by atoms with Crippen LogP contribution >= 0.6 is 15.9 Å². The summed E-state index contributed by atoms with van der Waals surface area (Å²) in [6, 6.07) is 10.8. The van der Waals surface area contributed by atoms with Crippen LogP contribution in [0.1, 0.15) is 22.3 Å². The lowest BCUT2D eigenvalue weighted by Gasteiger charge is -2.28. The fraction of sp³-hybridized carbons (Fsp3) is 0.235. The normalized spacial score (nSPS) is 14.1. The second-order valence-corrected chi connectivity index (χ2v) is 6.26. The van der Waals surface area contributed by atoms with Crippen LogP contribution in [0.25, 0.3) is 0 Å². The molecule has 2 aromatic rings. The number of hydrogen-bond acceptors (Lipinski definition) is 3. The van der Waals surface area contributed by atoms with Gasteiger partial charge in [0.25, 0.3) is 5.91 Å². The minimum Gasteiger partial charge on any atom is -0.273 e. The molecule has 0 bridgehead atoms. The Morgan fingerprint density at radius 1 is 1.09 bits per heavy atom. The standard InChI is InChI=1S/C17H16BrN3O2/c18-15-6-4-14(5-7-15)17(23)21-10-2-9-20(21)16(22)11-13-3-1-8-19-12-13/h1,3-8,12H,2,9-11H2. The number of carbonyl (C=O) groups is 2. The van der Waals surface area contributed by atoms with Gasteiger partial charge in [-0.15, -0.1) is 0 Å². The highest BCUT2D eigenvalue weighted by molar-refractivity contribution is 9.10. The van der Waals surface area contributed by atoms with Crippen LogP contribution in [0.15, 0.2) is 53.3 Å². The van der Waals surface area contributed by atoms with Crippen molar-refractivity contribution >= 4 is 27.7 Å². The molecule has 118 valence electrons. The van der Waals surface area contributed by atoms with E-state index in [1.54, 1.807) is 40.6 Å². The summed E-state index contributed by atoms with van der Waals surface area (Å²) in [6.45, 7) is 1.13. The highest BCUT2D eigenvalue weighted by Crippen LogP contribution is 2.18. The summed E-state index contributed by atoms with van der Waals surface area (Å²) in [5.74, 6) is -0.226. The molecule has 1 aliphatic rings. The van der Waals surface area contributed by atoms with Gasteiger partial charge in [0, 0.05) is 35.5 Å². The van der Waals surface area contributed by atoms with Gasteiger partial charge in [-0.3, -0.25) is 19.6 Å². The van der Waals surface area contributed by atoms with E-state index in [0.717, 1.165) is 16.5 Å². The third-order valence-electron chi connectivity index (χ3n) is 3.72. The number of nitrogens with zero attached hydrogens (tertiary/aromatic N) is 3. The van der Waals surface area contributed by atoms with E-state index in [9.17, 15) is 9.59 Å². The molecule has 0 spiro atoms. The molecule has 6 heteroatoms. The SMILES string of the molecule is O=C(Cc1cccnc1)N1CCCN1C(=O)c1ccc(Br)cc1. The third kappa shape index (κ3) is 3.59. The zero-order chi connectivity index (χ0) is 16.2. The molecular formula is C17H16BrN3O2. The highest BCUT2D eigenvalue weighted by atomic mass is 79.9. The first kappa shape index (κ1) is 15.7. The summed E-state index contributed by atoms with van der Waals surface area (Å²) < 4.78 is 0.917. The van der Waals surface area contributed by atoms with Crippen LogP contribution in [-0.2, 0) is 11.2 Å². The molecule has 1 aromatic carbocycles. The van der Waals surface area contributed by atoms with Crippen molar-refractivity contribution in [1.82, 2.24) is 15.0 Å². The molecule has 1 aromatic heterocycles. The lowest BCUT2D eigenvalue weighted by molar-refractivity contribution is -0.139. The topological polar surface area (TPSA) is 53.5 Å². The van der Waals surface area contributed by atoms with E-state index in [4.69, 9.17) is 0 Å². The summed E-state index contributed by atoms with van der Waals surface area (Å²) in [4.78, 5) is 29.2. The maximum Gasteiger partial charge on any atom is 0.272 e. The second kappa shape index (κ2) is 6.91. The molecule has 0 unspecified atom stereocenters. The average Bonchev–Trinajstić information content (AvgIpc) is 3.05. The van der Waals surface area contributed by atoms with Crippen molar-refractivity contribution < 1.29 is 9.59 Å². The van der Waals surface area contributed by atoms with E-state index in [2.05, 4.69) is 20.9 Å². The molecular weight excluding hydrogens is 358 g/mol. The number of benzene rings is 1. The summed E-state index contributed by atoms with van der Waals surface area (Å²) >= 11 is 3.35. The minimum absolute atomic E-state index is 0.0824. The quantitative estimate of drug-likeness (QED) is 0.830. The molecule has 0 radical (unpaired) electrons. The fourth-order valence-corrected chi connectivity index (χ4v) is 2.86. The van der Waals surface area contributed by atoms with Crippen molar-refractivity contribution in [3.05, 3.63) is 64.4 Å². The van der Waals surface area contributed by atoms with Gasteiger partial charge in [-0.05, 0) is 42.3 Å². The Labute approximate surface area is 143 Å². The van der Waals surface area contributed by atoms with Gasteiger partial charge in [-0.1, -0.05) is 22.0 Å². The molecule has 0 atom stereocenters. The van der Waals surface area contributed by atoms with Crippen LogP contribution in [0.4, 0.5) is 0 Å². The van der Waals surface area contributed by atoms with Crippen LogP contribution in [0, 0.1) is 0 Å². The highest BCUT2D eigenvalue weighted by Gasteiger charge is 2.31. The van der Waals surface area contributed by atoms with E-state index in [1.807, 2.05) is 18.2 Å². The monoisotopic (exact) mass is 373 g/mol. The molecule has 0 N–H and O–H groups in total. The van der Waals surface area contributed by atoms with Gasteiger partial charge in [0.1, 0.15) is 0 Å². The summed E-state index contributed by atoms with van der Waals surface area (Å²) in [7, 11) is 0. The molecule has 2 amide bonds. The van der Waals surface area contributed by atoms with Gasteiger partial charge in [0.2, 0.25) is 5.91 Å². The van der Waals surface area contributed by atoms with Crippen LogP contribution in [0.2, 0.25) is 0 Å². The lowest BCUT2D eigenvalue weighted by Crippen LogP contribution is -2.45. The maximum atomic E-state index is 12.6. The van der Waals surface area contributed by atoms with E-state index in [1.165, 1.54) is 0 Å². The molecule has 2 heterocycles. The van der Waals surface area contributed by atoms with Crippen LogP contribution in [0.5, 0.6) is 0 Å². The van der Waals surface area contributed by atoms with Gasteiger partial charge in [-0.25, -0.2) is 5.01 Å². The average molecular weight is 374 g/mol. The first-order valence-corrected chi connectivity index (χ1v) is 8.21. The van der Waals surface area contributed by atoms with E-state index in [-0.39, 0.29) is 18.2 Å². The number of carbonyl (C=O) groups excluding carboxylic acids is 2. The predicted octanol–water partition coefficient (Wildman–Crippen LogP) is 2.68. The minimum atomic E-state index is -0.144. The fourth-order valence-electron chi connectivity index (χ4n) is 2.59. The van der Waals surface area contributed by atoms with Crippen molar-refractivity contribution in [2.24, 2.45) is 0 Å². The van der Waals surface area contributed by atoms with E-state index >= 15 is 0 Å². The zero-order valence-corrected chi connectivity index (χ0v) is 14.1. The van der Waals surface area contributed by atoms with Crippen LogP contribution in [0.3, 0.4) is 0 Å². The van der Waals surface area contributed by atoms with Gasteiger partial charge < -0.3 is 0 Å². The van der Waals surface area contributed by atoms with E-state index in [0.29, 0.717) is 18.7 Å². The molecule has 0 aliphatic carbocycles. The van der Waals surface area contributed by atoms with Gasteiger partial charge >= 0.3 is 0 Å². The molecule has 1 aliphatic heterocycles. The molecule has 1 fully saturated rings. The van der Waals surface area contributed by atoms with Gasteiger partial charge in [0.15, 0.2) is 0 Å². The smallest absolute Gasteiger partial charge is 0.272 e. The van der Waals surface area contributed by atoms with Crippen molar-refractivity contribution in [3.63, 3.8) is 0 Å². The molecule has 0 saturated carbocycles. The Kier molecular flexibility index (Phi) is 4.71. The van der Waals surface area contributed by atoms with Gasteiger partial charge in [-0.2, -0.15) is 0 Å². The number of aromatic nitrogens is 1. The first-order chi connectivity index (χ1) is 11.1. The number of pyridine rings is 1. The molecule has 5 nitrogen and oxygen atoms in total. The summed E-state index contributed by atoms with van der Waals surface area (Å²) in [5, 5.41) is 3.10. The largest absolute Gasteiger partial charge is 0.273 e. The summed E-state index contributed by atoms with van der Waals surface area (Å²) in [5.41, 5.74) is 1.43. The Morgan fingerprint density at radius 3 is 2.52 bits per heavy atom. The molecule has 23 heavy (non-hydrogen) atoms.